The average Bonchev–Trinajstić information content (AvgIpc) is 3.16. The first-order valence-corrected chi connectivity index (χ1v) is 12.1. The second kappa shape index (κ2) is 12.3. The molecule has 212 valence electrons. The summed E-state index contributed by atoms with van der Waals surface area (Å²) in [4.78, 5) is 28.6. The lowest BCUT2D eigenvalue weighted by atomic mass is 10.1. The van der Waals surface area contributed by atoms with Crippen LogP contribution in [0.15, 0.2) is 24.3 Å². The Labute approximate surface area is 229 Å². The molecule has 0 spiro atoms. The summed E-state index contributed by atoms with van der Waals surface area (Å²) in [6, 6.07) is 5.55. The summed E-state index contributed by atoms with van der Waals surface area (Å²) in [7, 11) is 1.60. The smallest absolute Gasteiger partial charge is 0.405 e. The van der Waals surface area contributed by atoms with Crippen molar-refractivity contribution >= 4 is 46.0 Å². The number of amides is 2. The van der Waals surface area contributed by atoms with Crippen LogP contribution < -0.4 is 15.4 Å². The normalized spacial score (nSPS) is 12.6. The second-order valence-electron chi connectivity index (χ2n) is 8.49. The van der Waals surface area contributed by atoms with Crippen molar-refractivity contribution < 1.29 is 41.4 Å². The van der Waals surface area contributed by atoms with Crippen LogP contribution in [-0.2, 0) is 24.8 Å². The molecule has 15 heteroatoms. The molecule has 0 saturated heterocycles. The summed E-state index contributed by atoms with van der Waals surface area (Å²) in [5.41, 5.74) is 1.08. The number of hydrogen-bond donors (Lipinski definition) is 3. The highest BCUT2D eigenvalue weighted by Crippen LogP contribution is 2.32. The van der Waals surface area contributed by atoms with Gasteiger partial charge < -0.3 is 25.0 Å². The predicted molar refractivity (Wildman–Crippen MR) is 133 cm³/mol. The molecule has 1 atom stereocenters. The third-order valence-electron chi connectivity index (χ3n) is 5.57. The van der Waals surface area contributed by atoms with Crippen molar-refractivity contribution in [1.82, 2.24) is 20.2 Å². The number of aryl methyl sites for hydroxylation is 1. The van der Waals surface area contributed by atoms with Crippen LogP contribution in [0.25, 0.3) is 11.0 Å². The Kier molecular flexibility index (Phi) is 9.62. The van der Waals surface area contributed by atoms with Gasteiger partial charge in [-0.15, -0.1) is 0 Å². The van der Waals surface area contributed by atoms with Crippen molar-refractivity contribution in [3.63, 3.8) is 0 Å². The Morgan fingerprint density at radius 1 is 1.18 bits per heavy atom. The van der Waals surface area contributed by atoms with Gasteiger partial charge in [0.25, 0.3) is 12.3 Å². The predicted octanol–water partition coefficient (Wildman–Crippen LogP) is 4.40. The maximum atomic E-state index is 12.8. The molecule has 39 heavy (non-hydrogen) atoms. The number of aliphatic hydroxyl groups is 1. The number of alkyl halides is 5. The number of carbonyl (C=O) groups excluding carboxylic acids is 2. The molecule has 0 aliphatic rings. The standard InChI is InChI=1S/C24H23Cl2F5N4O4/c1-11(36)22(37)32-8-12-3-4-15(25)13(21(12)26)6-20-34-16-5-14(23(38)33-10-24(29,30)31)18(39-9-19(27)28)7-17(16)35(20)2/h3-5,7,11,19,36H,6,8-10H2,1-2H3,(H,32,37)(H,33,38). The van der Waals surface area contributed by atoms with Gasteiger partial charge in [0.15, 0.2) is 0 Å². The highest BCUT2D eigenvalue weighted by atomic mass is 35.5. The van der Waals surface area contributed by atoms with Crippen molar-refractivity contribution in [3.8, 4) is 5.75 Å². The molecule has 8 nitrogen and oxygen atoms in total. The fourth-order valence-corrected chi connectivity index (χ4v) is 4.16. The van der Waals surface area contributed by atoms with Crippen molar-refractivity contribution in [2.24, 2.45) is 7.05 Å². The molecule has 0 fully saturated rings. The first kappa shape index (κ1) is 30.4. The quantitative estimate of drug-likeness (QED) is 0.301. The Balaban J connectivity index is 1.98. The molecular formula is C24H23Cl2F5N4O4. The molecule has 0 radical (unpaired) electrons. The van der Waals surface area contributed by atoms with E-state index >= 15 is 0 Å². The summed E-state index contributed by atoms with van der Waals surface area (Å²) in [6.07, 6.45) is -8.74. The van der Waals surface area contributed by atoms with Gasteiger partial charge in [0.2, 0.25) is 5.91 Å². The summed E-state index contributed by atoms with van der Waals surface area (Å²) in [6.45, 7) is -1.39. The lowest BCUT2D eigenvalue weighted by Crippen LogP contribution is -2.34. The maximum absolute atomic E-state index is 12.8. The van der Waals surface area contributed by atoms with E-state index in [4.69, 9.17) is 27.9 Å². The molecule has 0 aliphatic heterocycles. The molecule has 0 saturated carbocycles. The van der Waals surface area contributed by atoms with Gasteiger partial charge in [0, 0.05) is 31.1 Å². The minimum Gasteiger partial charge on any atom is -0.487 e. The van der Waals surface area contributed by atoms with Gasteiger partial charge in [0.05, 0.1) is 21.6 Å². The van der Waals surface area contributed by atoms with Crippen LogP contribution in [0.2, 0.25) is 10.0 Å². The Morgan fingerprint density at radius 2 is 1.87 bits per heavy atom. The van der Waals surface area contributed by atoms with E-state index in [1.165, 1.54) is 13.0 Å². The topological polar surface area (TPSA) is 105 Å². The SMILES string of the molecule is CC(O)C(=O)NCc1ccc(Cl)c(Cc2nc3cc(C(=O)NCC(F)(F)F)c(OCC(F)F)cc3n2C)c1Cl. The third-order valence-corrected chi connectivity index (χ3v) is 6.39. The van der Waals surface area contributed by atoms with Crippen LogP contribution in [0, 0.1) is 0 Å². The fraction of sp³-hybridized carbons (Fsp3) is 0.375. The molecule has 0 bridgehead atoms. The van der Waals surface area contributed by atoms with E-state index in [2.05, 4.69) is 10.3 Å². The molecule has 0 aliphatic carbocycles. The molecule has 2 amide bonds. The number of rotatable bonds is 10. The van der Waals surface area contributed by atoms with Gasteiger partial charge >= 0.3 is 6.18 Å². The number of hydrogen-bond acceptors (Lipinski definition) is 5. The van der Waals surface area contributed by atoms with Gasteiger partial charge in [-0.25, -0.2) is 13.8 Å². The van der Waals surface area contributed by atoms with Crippen LogP contribution in [-0.4, -0.2) is 58.3 Å². The molecule has 3 rings (SSSR count). The number of ether oxygens (including phenoxy) is 1. The summed E-state index contributed by atoms with van der Waals surface area (Å²) < 4.78 is 70.0. The Morgan fingerprint density at radius 3 is 2.49 bits per heavy atom. The van der Waals surface area contributed by atoms with Crippen molar-refractivity contribution in [1.29, 1.82) is 0 Å². The zero-order valence-electron chi connectivity index (χ0n) is 20.5. The molecular weight excluding hydrogens is 574 g/mol. The first-order chi connectivity index (χ1) is 18.2. The van der Waals surface area contributed by atoms with Gasteiger partial charge in [-0.1, -0.05) is 29.3 Å². The summed E-state index contributed by atoms with van der Waals surface area (Å²) in [5.74, 6) is -1.75. The fourth-order valence-electron chi connectivity index (χ4n) is 3.59. The number of benzene rings is 2. The average molecular weight is 597 g/mol. The Hall–Kier alpha value is -3.16. The largest absolute Gasteiger partial charge is 0.487 e. The van der Waals surface area contributed by atoms with Crippen molar-refractivity contribution in [2.45, 2.75) is 38.6 Å². The van der Waals surface area contributed by atoms with Gasteiger partial charge in [-0.2, -0.15) is 13.2 Å². The number of aromatic nitrogens is 2. The van der Waals surface area contributed by atoms with Crippen molar-refractivity contribution in [2.75, 3.05) is 13.2 Å². The number of aliphatic hydroxyl groups excluding tert-OH is 1. The summed E-state index contributed by atoms with van der Waals surface area (Å²) >= 11 is 12.9. The monoisotopic (exact) mass is 596 g/mol. The van der Waals surface area contributed by atoms with Crippen LogP contribution in [0.5, 0.6) is 5.75 Å². The molecule has 3 N–H and O–H groups in total. The van der Waals surface area contributed by atoms with Gasteiger partial charge in [-0.05, 0) is 30.2 Å². The molecule has 1 unspecified atom stereocenters. The molecule has 1 aromatic heterocycles. The number of halogens is 7. The van der Waals surface area contributed by atoms with Crippen LogP contribution in [0.1, 0.15) is 34.2 Å². The second-order valence-corrected chi connectivity index (χ2v) is 9.28. The van der Waals surface area contributed by atoms with E-state index in [0.717, 1.165) is 6.07 Å². The number of fused-ring (bicyclic) bond motifs is 1. The van der Waals surface area contributed by atoms with E-state index in [-0.39, 0.29) is 34.3 Å². The number of nitrogens with zero attached hydrogens (tertiary/aromatic N) is 2. The summed E-state index contributed by atoms with van der Waals surface area (Å²) in [5, 5.41) is 14.1. The highest BCUT2D eigenvalue weighted by Gasteiger charge is 2.29. The zero-order valence-corrected chi connectivity index (χ0v) is 22.0. The van der Waals surface area contributed by atoms with Crippen LogP contribution >= 0.6 is 23.2 Å². The zero-order chi connectivity index (χ0) is 29.1. The Bertz CT molecular complexity index is 1380. The first-order valence-electron chi connectivity index (χ1n) is 11.3. The number of carbonyl (C=O) groups is 2. The van der Waals surface area contributed by atoms with Crippen molar-refractivity contribution in [3.05, 3.63) is 56.8 Å². The molecule has 1 heterocycles. The number of nitrogens with one attached hydrogen (secondary N) is 2. The van der Waals surface area contributed by atoms with E-state index < -0.39 is 49.2 Å². The lowest BCUT2D eigenvalue weighted by molar-refractivity contribution is -0.128. The van der Waals surface area contributed by atoms with Gasteiger partial charge in [0.1, 0.15) is 30.8 Å². The molecule has 3 aromatic rings. The maximum Gasteiger partial charge on any atom is 0.405 e. The van der Waals surface area contributed by atoms with E-state index in [0.29, 0.717) is 22.5 Å². The van der Waals surface area contributed by atoms with E-state index in [1.54, 1.807) is 29.1 Å². The number of imidazole rings is 1. The minimum atomic E-state index is -4.69. The minimum absolute atomic E-state index is 0.0104. The highest BCUT2D eigenvalue weighted by molar-refractivity contribution is 6.36. The van der Waals surface area contributed by atoms with Gasteiger partial charge in [-0.3, -0.25) is 9.59 Å². The third kappa shape index (κ3) is 7.70. The van der Waals surface area contributed by atoms with Crippen LogP contribution in [0.3, 0.4) is 0 Å². The van der Waals surface area contributed by atoms with Crippen LogP contribution in [0.4, 0.5) is 22.0 Å². The van der Waals surface area contributed by atoms with E-state index in [1.807, 2.05) is 0 Å². The van der Waals surface area contributed by atoms with E-state index in [9.17, 15) is 36.6 Å². The lowest BCUT2D eigenvalue weighted by Gasteiger charge is -2.14. The molecule has 2 aromatic carbocycles.